The minimum absolute atomic E-state index is 0.172. The van der Waals surface area contributed by atoms with Crippen molar-refractivity contribution in [2.45, 2.75) is 0 Å². The molecule has 1 nitrogen and oxygen atoms in total. The zero-order chi connectivity index (χ0) is 14.2. The first kappa shape index (κ1) is 15.0. The predicted octanol–water partition coefficient (Wildman–Crippen LogP) is 6.35. The summed E-state index contributed by atoms with van der Waals surface area (Å²) in [4.78, 5) is 11.5. The Kier molecular flexibility index (Phi) is 4.65. The molecule has 98 valence electrons. The number of hydrogen-bond acceptors (Lipinski definition) is 1. The van der Waals surface area contributed by atoms with Crippen molar-refractivity contribution in [3.8, 4) is 11.1 Å². The Morgan fingerprint density at radius 3 is 2.21 bits per heavy atom. The summed E-state index contributed by atoms with van der Waals surface area (Å²) in [7, 11) is 0. The van der Waals surface area contributed by atoms with Crippen LogP contribution in [0.2, 0.25) is 20.1 Å². The average Bonchev–Trinajstić information content (AvgIpc) is 2.33. The number of carbonyl (C=O) groups excluding carboxylic acids is 1. The Morgan fingerprint density at radius 1 is 0.895 bits per heavy atom. The number of halogens is 5. The lowest BCUT2D eigenvalue weighted by Crippen LogP contribution is -1.96. The first-order chi connectivity index (χ1) is 8.91. The van der Waals surface area contributed by atoms with Crippen molar-refractivity contribution in [2.75, 3.05) is 0 Å². The molecule has 0 bridgehead atoms. The molecule has 2 aromatic rings. The fourth-order valence-corrected chi connectivity index (χ4v) is 2.92. The van der Waals surface area contributed by atoms with Gasteiger partial charge in [-0.1, -0.05) is 58.5 Å². The van der Waals surface area contributed by atoms with Crippen LogP contribution in [0.4, 0.5) is 0 Å². The zero-order valence-electron chi connectivity index (χ0n) is 9.18. The van der Waals surface area contributed by atoms with Gasteiger partial charge in [-0.15, -0.1) is 0 Å². The Hall–Kier alpha value is -0.440. The van der Waals surface area contributed by atoms with Gasteiger partial charge in [0, 0.05) is 10.6 Å². The van der Waals surface area contributed by atoms with Crippen LogP contribution in [0.3, 0.4) is 0 Å². The molecule has 0 saturated heterocycles. The minimum atomic E-state index is -0.673. The lowest BCUT2D eigenvalue weighted by molar-refractivity contribution is 0.108. The zero-order valence-corrected chi connectivity index (χ0v) is 13.0. The third-order valence-electron chi connectivity index (χ3n) is 2.49. The maximum absolute atomic E-state index is 11.5. The van der Waals surface area contributed by atoms with Crippen molar-refractivity contribution in [1.82, 2.24) is 0 Å². The summed E-state index contributed by atoms with van der Waals surface area (Å²) < 4.78 is 0. The molecule has 0 radical (unpaired) electrons. The molecular formula is C13H5Cl5O. The first-order valence-corrected chi connectivity index (χ1v) is 6.94. The maximum atomic E-state index is 11.5. The van der Waals surface area contributed by atoms with E-state index in [9.17, 15) is 4.79 Å². The van der Waals surface area contributed by atoms with Crippen molar-refractivity contribution in [3.63, 3.8) is 0 Å². The number of rotatable bonds is 2. The van der Waals surface area contributed by atoms with Crippen LogP contribution in [0.5, 0.6) is 0 Å². The molecule has 0 amide bonds. The summed E-state index contributed by atoms with van der Waals surface area (Å²) >= 11 is 29.6. The van der Waals surface area contributed by atoms with Crippen LogP contribution in [-0.2, 0) is 0 Å². The van der Waals surface area contributed by atoms with E-state index in [2.05, 4.69) is 0 Å². The Bertz CT molecular complexity index is 666. The highest BCUT2D eigenvalue weighted by molar-refractivity contribution is 6.69. The predicted molar refractivity (Wildman–Crippen MR) is 82.1 cm³/mol. The molecule has 0 N–H and O–H groups in total. The van der Waals surface area contributed by atoms with Gasteiger partial charge in [0.2, 0.25) is 0 Å². The fourth-order valence-electron chi connectivity index (χ4n) is 1.70. The molecule has 2 rings (SSSR count). The van der Waals surface area contributed by atoms with Gasteiger partial charge in [-0.25, -0.2) is 0 Å². The fraction of sp³-hybridized carbons (Fsp3) is 0. The third kappa shape index (κ3) is 3.01. The van der Waals surface area contributed by atoms with Crippen LogP contribution >= 0.6 is 58.0 Å². The van der Waals surface area contributed by atoms with E-state index in [1.54, 1.807) is 24.3 Å². The Morgan fingerprint density at radius 2 is 1.58 bits per heavy atom. The molecule has 2 aromatic carbocycles. The summed E-state index contributed by atoms with van der Waals surface area (Å²) in [5.74, 6) is 0. The Labute approximate surface area is 135 Å². The molecule has 0 aliphatic carbocycles. The van der Waals surface area contributed by atoms with Gasteiger partial charge in [0.25, 0.3) is 5.24 Å². The number of benzene rings is 2. The molecule has 0 saturated carbocycles. The largest absolute Gasteiger partial charge is 0.276 e. The van der Waals surface area contributed by atoms with Gasteiger partial charge in [-0.2, -0.15) is 0 Å². The highest BCUT2D eigenvalue weighted by Gasteiger charge is 2.18. The van der Waals surface area contributed by atoms with Crippen LogP contribution in [0.25, 0.3) is 11.1 Å². The molecule has 0 aliphatic rings. The van der Waals surface area contributed by atoms with Gasteiger partial charge in [-0.05, 0) is 35.4 Å². The summed E-state index contributed by atoms with van der Waals surface area (Å²) in [6, 6.07) is 8.05. The van der Waals surface area contributed by atoms with Crippen molar-refractivity contribution in [1.29, 1.82) is 0 Å². The van der Waals surface area contributed by atoms with Gasteiger partial charge < -0.3 is 0 Å². The van der Waals surface area contributed by atoms with E-state index in [0.717, 1.165) is 0 Å². The molecule has 0 unspecified atom stereocenters. The molecule has 0 aliphatic heterocycles. The lowest BCUT2D eigenvalue weighted by Gasteiger charge is -2.11. The van der Waals surface area contributed by atoms with Crippen LogP contribution in [-0.4, -0.2) is 5.24 Å². The molecule has 0 aromatic heterocycles. The molecule has 0 heterocycles. The standard InChI is InChI=1S/C13H5Cl5O/c14-6-4-8(12(17)10(16)5-6)7-2-1-3-9(15)11(7)13(18)19/h1-5H. The highest BCUT2D eigenvalue weighted by Crippen LogP contribution is 2.39. The average molecular weight is 354 g/mol. The van der Waals surface area contributed by atoms with Gasteiger partial charge in [-0.3, -0.25) is 4.79 Å². The molecular weight excluding hydrogens is 349 g/mol. The van der Waals surface area contributed by atoms with Gasteiger partial charge in [0.15, 0.2) is 0 Å². The quantitative estimate of drug-likeness (QED) is 0.454. The van der Waals surface area contributed by atoms with E-state index in [-0.39, 0.29) is 20.6 Å². The molecule has 0 spiro atoms. The summed E-state index contributed by atoms with van der Waals surface area (Å²) in [6.07, 6.45) is 0. The van der Waals surface area contributed by atoms with Crippen LogP contribution in [0.1, 0.15) is 10.4 Å². The second-order valence-corrected chi connectivity index (χ2v) is 5.66. The summed E-state index contributed by atoms with van der Waals surface area (Å²) in [5.41, 5.74) is 1.17. The van der Waals surface area contributed by atoms with E-state index >= 15 is 0 Å². The van der Waals surface area contributed by atoms with Gasteiger partial charge in [0.05, 0.1) is 20.6 Å². The van der Waals surface area contributed by atoms with Crippen molar-refractivity contribution >= 4 is 63.2 Å². The maximum Gasteiger partial charge on any atom is 0.254 e. The molecule has 0 atom stereocenters. The van der Waals surface area contributed by atoms with Crippen LogP contribution in [0.15, 0.2) is 30.3 Å². The first-order valence-electron chi connectivity index (χ1n) is 5.05. The van der Waals surface area contributed by atoms with Gasteiger partial charge >= 0.3 is 0 Å². The highest BCUT2D eigenvalue weighted by atomic mass is 35.5. The number of carbonyl (C=O) groups is 1. The van der Waals surface area contributed by atoms with E-state index in [1.807, 2.05) is 0 Å². The Balaban J connectivity index is 2.80. The van der Waals surface area contributed by atoms with Crippen molar-refractivity contribution < 1.29 is 4.79 Å². The van der Waals surface area contributed by atoms with Crippen LogP contribution < -0.4 is 0 Å². The normalized spacial score (nSPS) is 10.6. The van der Waals surface area contributed by atoms with Gasteiger partial charge in [0.1, 0.15) is 0 Å². The molecule has 6 heteroatoms. The second-order valence-electron chi connectivity index (χ2n) is 3.69. The SMILES string of the molecule is O=C(Cl)c1c(Cl)cccc1-c1cc(Cl)cc(Cl)c1Cl. The summed E-state index contributed by atoms with van der Waals surface area (Å²) in [6.45, 7) is 0. The third-order valence-corrected chi connectivity index (χ3v) is 4.02. The van der Waals surface area contributed by atoms with E-state index in [1.165, 1.54) is 6.07 Å². The topological polar surface area (TPSA) is 17.1 Å². The van der Waals surface area contributed by atoms with Crippen molar-refractivity contribution in [2.24, 2.45) is 0 Å². The number of hydrogen-bond donors (Lipinski definition) is 0. The van der Waals surface area contributed by atoms with E-state index < -0.39 is 5.24 Å². The van der Waals surface area contributed by atoms with Crippen molar-refractivity contribution in [3.05, 3.63) is 56.0 Å². The van der Waals surface area contributed by atoms with Crippen LogP contribution in [0, 0.1) is 0 Å². The van der Waals surface area contributed by atoms with E-state index in [4.69, 9.17) is 58.0 Å². The lowest BCUT2D eigenvalue weighted by atomic mass is 10.00. The smallest absolute Gasteiger partial charge is 0.254 e. The minimum Gasteiger partial charge on any atom is -0.276 e. The molecule has 0 fully saturated rings. The molecule has 19 heavy (non-hydrogen) atoms. The monoisotopic (exact) mass is 352 g/mol. The second kappa shape index (κ2) is 5.90. The summed E-state index contributed by atoms with van der Waals surface area (Å²) in [5, 5.41) is 0.541. The van der Waals surface area contributed by atoms with E-state index in [0.29, 0.717) is 16.1 Å².